The maximum atomic E-state index is 12.2. The van der Waals surface area contributed by atoms with Crippen LogP contribution in [-0.2, 0) is 11.8 Å². The van der Waals surface area contributed by atoms with Crippen LogP contribution >= 0.6 is 0 Å². The van der Waals surface area contributed by atoms with Gasteiger partial charge < -0.3 is 15.0 Å². The molecule has 0 atom stereocenters. The maximum absolute atomic E-state index is 12.2. The summed E-state index contributed by atoms with van der Waals surface area (Å²) >= 11 is 0. The van der Waals surface area contributed by atoms with E-state index in [1.54, 1.807) is 17.7 Å². The van der Waals surface area contributed by atoms with E-state index in [-0.39, 0.29) is 17.6 Å². The van der Waals surface area contributed by atoms with E-state index in [9.17, 15) is 10.1 Å². The molecule has 1 aromatic heterocycles. The second-order valence-electron chi connectivity index (χ2n) is 6.23. The van der Waals surface area contributed by atoms with Gasteiger partial charge in [0.05, 0.1) is 0 Å². The third kappa shape index (κ3) is 4.70. The minimum Gasteiger partial charge on any atom is -0.396 e. The highest BCUT2D eigenvalue weighted by Gasteiger charge is 2.20. The standard InChI is InChI=1S/C17H22N4O2/c1-12-13(8-15(10-19)21(12)4)7-14(9-18)16(23)20-11-17(2,3)5-6-22/h7-8,22H,5-6,11H2,1-4H3,(H,20,23)/b14-7-. The zero-order valence-electron chi connectivity index (χ0n) is 14.0. The van der Waals surface area contributed by atoms with Gasteiger partial charge in [0.15, 0.2) is 0 Å². The number of rotatable bonds is 6. The first-order chi connectivity index (χ1) is 10.8. The number of aromatic nitrogens is 1. The van der Waals surface area contributed by atoms with Crippen LogP contribution in [0.15, 0.2) is 11.6 Å². The average molecular weight is 314 g/mol. The molecule has 122 valence electrons. The van der Waals surface area contributed by atoms with E-state index in [1.165, 1.54) is 6.08 Å². The number of carbonyl (C=O) groups is 1. The van der Waals surface area contributed by atoms with Gasteiger partial charge in [-0.05, 0) is 36.5 Å². The molecule has 1 amide bonds. The maximum Gasteiger partial charge on any atom is 0.261 e. The third-order valence-corrected chi connectivity index (χ3v) is 3.87. The van der Waals surface area contributed by atoms with Crippen molar-refractivity contribution >= 4 is 12.0 Å². The summed E-state index contributed by atoms with van der Waals surface area (Å²) < 4.78 is 1.71. The van der Waals surface area contributed by atoms with Gasteiger partial charge in [-0.25, -0.2) is 0 Å². The number of amides is 1. The summed E-state index contributed by atoms with van der Waals surface area (Å²) in [6.07, 6.45) is 2.05. The SMILES string of the molecule is Cc1c(/C=C(/C#N)C(=O)NCC(C)(C)CCO)cc(C#N)n1C. The summed E-state index contributed by atoms with van der Waals surface area (Å²) in [5, 5.41) is 30.0. The second-order valence-corrected chi connectivity index (χ2v) is 6.23. The second kappa shape index (κ2) is 7.62. The lowest BCUT2D eigenvalue weighted by atomic mass is 9.89. The Hall–Kier alpha value is -2.57. The molecule has 0 saturated heterocycles. The Morgan fingerprint density at radius 1 is 1.48 bits per heavy atom. The van der Waals surface area contributed by atoms with Gasteiger partial charge in [0.1, 0.15) is 23.4 Å². The van der Waals surface area contributed by atoms with Crippen molar-refractivity contribution in [3.05, 3.63) is 28.6 Å². The van der Waals surface area contributed by atoms with E-state index in [0.29, 0.717) is 24.2 Å². The molecular weight excluding hydrogens is 292 g/mol. The van der Waals surface area contributed by atoms with E-state index in [0.717, 1.165) is 5.69 Å². The summed E-state index contributed by atoms with van der Waals surface area (Å²) in [7, 11) is 1.76. The molecule has 1 aromatic rings. The fourth-order valence-electron chi connectivity index (χ4n) is 2.09. The fraction of sp³-hybridized carbons (Fsp3) is 0.471. The third-order valence-electron chi connectivity index (χ3n) is 3.87. The molecule has 0 aromatic carbocycles. The van der Waals surface area contributed by atoms with Crippen LogP contribution in [0.4, 0.5) is 0 Å². The predicted octanol–water partition coefficient (Wildman–Crippen LogP) is 1.64. The van der Waals surface area contributed by atoms with Gasteiger partial charge in [0, 0.05) is 25.9 Å². The monoisotopic (exact) mass is 314 g/mol. The minimum atomic E-state index is -0.458. The Labute approximate surface area is 136 Å². The molecule has 0 radical (unpaired) electrons. The van der Waals surface area contributed by atoms with Crippen LogP contribution in [0, 0.1) is 35.0 Å². The smallest absolute Gasteiger partial charge is 0.261 e. The van der Waals surface area contributed by atoms with Crippen molar-refractivity contribution in [2.75, 3.05) is 13.2 Å². The fourth-order valence-corrected chi connectivity index (χ4v) is 2.09. The van der Waals surface area contributed by atoms with Crippen LogP contribution in [0.25, 0.3) is 6.08 Å². The van der Waals surface area contributed by atoms with Gasteiger partial charge >= 0.3 is 0 Å². The molecule has 0 unspecified atom stereocenters. The van der Waals surface area contributed by atoms with Gasteiger partial charge in [-0.1, -0.05) is 13.8 Å². The lowest BCUT2D eigenvalue weighted by molar-refractivity contribution is -0.117. The molecule has 6 heteroatoms. The van der Waals surface area contributed by atoms with Crippen LogP contribution in [0.5, 0.6) is 0 Å². The van der Waals surface area contributed by atoms with Crippen LogP contribution in [-0.4, -0.2) is 28.7 Å². The van der Waals surface area contributed by atoms with Crippen LogP contribution in [0.3, 0.4) is 0 Å². The summed E-state index contributed by atoms with van der Waals surface area (Å²) in [5.41, 5.74) is 1.69. The molecule has 0 spiro atoms. The Bertz CT molecular complexity index is 699. The van der Waals surface area contributed by atoms with Crippen molar-refractivity contribution in [1.82, 2.24) is 9.88 Å². The van der Waals surface area contributed by atoms with Crippen molar-refractivity contribution in [2.45, 2.75) is 27.2 Å². The van der Waals surface area contributed by atoms with Crippen LogP contribution in [0.1, 0.15) is 37.2 Å². The number of hydrogen-bond acceptors (Lipinski definition) is 4. The van der Waals surface area contributed by atoms with Gasteiger partial charge in [0.2, 0.25) is 0 Å². The molecule has 0 fully saturated rings. The van der Waals surface area contributed by atoms with E-state index in [4.69, 9.17) is 10.4 Å². The Morgan fingerprint density at radius 3 is 2.61 bits per heavy atom. The van der Waals surface area contributed by atoms with Crippen molar-refractivity contribution in [2.24, 2.45) is 12.5 Å². The van der Waals surface area contributed by atoms with Crippen LogP contribution in [0.2, 0.25) is 0 Å². The normalized spacial score (nSPS) is 11.7. The Kier molecular flexibility index (Phi) is 6.12. The number of nitrogens with zero attached hydrogens (tertiary/aromatic N) is 3. The van der Waals surface area contributed by atoms with Gasteiger partial charge in [-0.15, -0.1) is 0 Å². The highest BCUT2D eigenvalue weighted by Crippen LogP contribution is 2.19. The number of aliphatic hydroxyl groups excluding tert-OH is 1. The summed E-state index contributed by atoms with van der Waals surface area (Å²) in [6.45, 7) is 6.09. The number of hydrogen-bond donors (Lipinski definition) is 2. The first-order valence-corrected chi connectivity index (χ1v) is 7.33. The Morgan fingerprint density at radius 2 is 2.13 bits per heavy atom. The van der Waals surface area contributed by atoms with Gasteiger partial charge in [0.25, 0.3) is 5.91 Å². The summed E-state index contributed by atoms with van der Waals surface area (Å²) in [5.74, 6) is -0.458. The first-order valence-electron chi connectivity index (χ1n) is 7.33. The number of nitriles is 2. The quantitative estimate of drug-likeness (QED) is 0.615. The van der Waals surface area contributed by atoms with Gasteiger partial charge in [-0.3, -0.25) is 4.79 Å². The van der Waals surface area contributed by atoms with Crippen LogP contribution < -0.4 is 5.32 Å². The molecule has 1 rings (SSSR count). The molecule has 0 aliphatic heterocycles. The van der Waals surface area contributed by atoms with E-state index in [2.05, 4.69) is 11.4 Å². The molecule has 23 heavy (non-hydrogen) atoms. The summed E-state index contributed by atoms with van der Waals surface area (Å²) in [4.78, 5) is 12.2. The highest BCUT2D eigenvalue weighted by atomic mass is 16.3. The highest BCUT2D eigenvalue weighted by molar-refractivity contribution is 6.01. The average Bonchev–Trinajstić information content (AvgIpc) is 2.77. The molecule has 0 bridgehead atoms. The van der Waals surface area contributed by atoms with Crippen molar-refractivity contribution in [1.29, 1.82) is 10.5 Å². The zero-order valence-corrected chi connectivity index (χ0v) is 14.0. The number of carbonyl (C=O) groups excluding carboxylic acids is 1. The molecule has 2 N–H and O–H groups in total. The molecule has 0 aliphatic carbocycles. The van der Waals surface area contributed by atoms with Crippen molar-refractivity contribution < 1.29 is 9.90 Å². The largest absolute Gasteiger partial charge is 0.396 e. The topological polar surface area (TPSA) is 102 Å². The first kappa shape index (κ1) is 18.5. The van der Waals surface area contributed by atoms with E-state index < -0.39 is 5.91 Å². The van der Waals surface area contributed by atoms with E-state index >= 15 is 0 Å². The summed E-state index contributed by atoms with van der Waals surface area (Å²) in [6, 6.07) is 5.61. The molecule has 6 nitrogen and oxygen atoms in total. The zero-order chi connectivity index (χ0) is 17.6. The minimum absolute atomic E-state index is 0.0111. The molecule has 0 saturated carbocycles. The predicted molar refractivity (Wildman–Crippen MR) is 86.9 cm³/mol. The number of nitrogens with one attached hydrogen (secondary N) is 1. The van der Waals surface area contributed by atoms with Crippen molar-refractivity contribution in [3.63, 3.8) is 0 Å². The molecule has 0 aliphatic rings. The van der Waals surface area contributed by atoms with E-state index in [1.807, 2.05) is 26.8 Å². The lowest BCUT2D eigenvalue weighted by Gasteiger charge is -2.23. The number of aliphatic hydroxyl groups is 1. The molecular formula is C17H22N4O2. The van der Waals surface area contributed by atoms with Crippen molar-refractivity contribution in [3.8, 4) is 12.1 Å². The molecule has 1 heterocycles. The lowest BCUT2D eigenvalue weighted by Crippen LogP contribution is -2.35. The Balaban J connectivity index is 2.95. The van der Waals surface area contributed by atoms with Gasteiger partial charge in [-0.2, -0.15) is 10.5 Å².